The average Bonchev–Trinajstić information content (AvgIpc) is 3.10. The number of halogens is 1. The summed E-state index contributed by atoms with van der Waals surface area (Å²) in [5, 5.41) is 1.68. The summed E-state index contributed by atoms with van der Waals surface area (Å²) in [7, 11) is 1.64. The lowest BCUT2D eigenvalue weighted by Gasteiger charge is -2.38. The maximum absolute atomic E-state index is 13.1. The first kappa shape index (κ1) is 18.8. The highest BCUT2D eigenvalue weighted by molar-refractivity contribution is 6.31. The molecule has 4 rings (SSSR count). The van der Waals surface area contributed by atoms with Crippen molar-refractivity contribution in [2.24, 2.45) is 0 Å². The molecule has 0 spiro atoms. The summed E-state index contributed by atoms with van der Waals surface area (Å²) in [5.74, 6) is 0.857. The van der Waals surface area contributed by atoms with Gasteiger partial charge in [-0.05, 0) is 36.8 Å². The van der Waals surface area contributed by atoms with E-state index < -0.39 is 0 Å². The van der Waals surface area contributed by atoms with E-state index in [-0.39, 0.29) is 18.1 Å². The Balaban J connectivity index is 1.54. The molecule has 2 heterocycles. The maximum atomic E-state index is 13.1. The van der Waals surface area contributed by atoms with Crippen LogP contribution in [0.4, 0.5) is 0 Å². The summed E-state index contributed by atoms with van der Waals surface area (Å²) in [4.78, 5) is 18.3. The highest BCUT2D eigenvalue weighted by Crippen LogP contribution is 2.31. The summed E-state index contributed by atoms with van der Waals surface area (Å²) >= 11 is 6.33. The fraction of sp³-hybridized carbons (Fsp3) is 0.318. The Morgan fingerprint density at radius 1 is 1.32 bits per heavy atom. The second-order valence-corrected chi connectivity index (χ2v) is 7.55. The van der Waals surface area contributed by atoms with Crippen LogP contribution in [0.2, 0.25) is 5.02 Å². The largest absolute Gasteiger partial charge is 0.497 e. The number of nitrogens with one attached hydrogen (secondary N) is 1. The molecule has 6 heteroatoms. The molecular formula is C22H23ClN2O3. The number of benzene rings is 2. The molecule has 0 bridgehead atoms. The van der Waals surface area contributed by atoms with Gasteiger partial charge in [0.1, 0.15) is 11.9 Å². The minimum absolute atomic E-state index is 0.0194. The van der Waals surface area contributed by atoms with Crippen molar-refractivity contribution in [2.75, 3.05) is 20.3 Å². The van der Waals surface area contributed by atoms with Crippen LogP contribution < -0.4 is 4.74 Å². The molecule has 1 fully saturated rings. The van der Waals surface area contributed by atoms with Gasteiger partial charge in [0.05, 0.1) is 32.7 Å². The van der Waals surface area contributed by atoms with Gasteiger partial charge in [-0.15, -0.1) is 0 Å². The van der Waals surface area contributed by atoms with Crippen LogP contribution in [0, 0.1) is 0 Å². The van der Waals surface area contributed by atoms with Gasteiger partial charge in [0.15, 0.2) is 0 Å². The summed E-state index contributed by atoms with van der Waals surface area (Å²) in [6.07, 6.45) is 2.02. The Morgan fingerprint density at radius 3 is 2.93 bits per heavy atom. The number of methoxy groups -OCH3 is 1. The summed E-state index contributed by atoms with van der Waals surface area (Å²) in [6, 6.07) is 13.5. The highest BCUT2D eigenvalue weighted by Gasteiger charge is 2.31. The van der Waals surface area contributed by atoms with Crippen molar-refractivity contribution < 1.29 is 14.3 Å². The average molecular weight is 399 g/mol. The number of hydrogen-bond acceptors (Lipinski definition) is 3. The van der Waals surface area contributed by atoms with Gasteiger partial charge in [-0.2, -0.15) is 0 Å². The van der Waals surface area contributed by atoms with E-state index in [1.807, 2.05) is 60.5 Å². The van der Waals surface area contributed by atoms with E-state index in [1.165, 1.54) is 0 Å². The number of nitrogens with zero attached hydrogens (tertiary/aromatic N) is 1. The van der Waals surface area contributed by atoms with Crippen LogP contribution in [0.5, 0.6) is 5.75 Å². The van der Waals surface area contributed by atoms with Gasteiger partial charge in [0.25, 0.3) is 0 Å². The maximum Gasteiger partial charge on any atom is 0.227 e. The predicted molar refractivity (Wildman–Crippen MR) is 110 cm³/mol. The summed E-state index contributed by atoms with van der Waals surface area (Å²) in [6.45, 7) is 3.00. The molecule has 0 unspecified atom stereocenters. The standard InChI is InChI=1S/C22H23ClN2O3/c1-14-13-28-21(17-5-3-4-6-19(17)23)12-25(14)22(26)9-15-11-24-20-8-7-16(27-2)10-18(15)20/h3-8,10-11,14,21,24H,9,12-13H2,1-2H3/t14-,21-/m1/s1. The second kappa shape index (κ2) is 7.86. The zero-order chi connectivity index (χ0) is 19.7. The topological polar surface area (TPSA) is 54.6 Å². The molecule has 28 heavy (non-hydrogen) atoms. The van der Waals surface area contributed by atoms with Crippen LogP contribution in [0.1, 0.15) is 24.2 Å². The van der Waals surface area contributed by atoms with Crippen molar-refractivity contribution in [1.29, 1.82) is 0 Å². The first-order valence-electron chi connectivity index (χ1n) is 9.36. The Hall–Kier alpha value is -2.50. The number of carbonyl (C=O) groups excluding carboxylic acids is 1. The van der Waals surface area contributed by atoms with Crippen molar-refractivity contribution in [2.45, 2.75) is 25.5 Å². The molecule has 0 aliphatic carbocycles. The Bertz CT molecular complexity index is 1000. The Morgan fingerprint density at radius 2 is 2.14 bits per heavy atom. The lowest BCUT2D eigenvalue weighted by molar-refractivity contribution is -0.143. The van der Waals surface area contributed by atoms with E-state index >= 15 is 0 Å². The van der Waals surface area contributed by atoms with Crippen LogP contribution >= 0.6 is 11.6 Å². The Labute approximate surface area is 169 Å². The minimum Gasteiger partial charge on any atom is -0.497 e. The van der Waals surface area contributed by atoms with Crippen LogP contribution in [-0.4, -0.2) is 42.1 Å². The van der Waals surface area contributed by atoms with Gasteiger partial charge in [0, 0.05) is 27.7 Å². The number of ether oxygens (including phenoxy) is 2. The molecule has 1 aromatic heterocycles. The predicted octanol–water partition coefficient (Wildman–Crippen LogP) is 4.36. The zero-order valence-electron chi connectivity index (χ0n) is 15.9. The molecule has 3 aromatic rings. The number of aromatic amines is 1. The molecule has 0 radical (unpaired) electrons. The molecule has 1 amide bonds. The molecule has 1 aliphatic rings. The van der Waals surface area contributed by atoms with E-state index in [4.69, 9.17) is 21.1 Å². The molecule has 2 aromatic carbocycles. The van der Waals surface area contributed by atoms with Crippen molar-refractivity contribution in [3.63, 3.8) is 0 Å². The fourth-order valence-electron chi connectivity index (χ4n) is 3.72. The van der Waals surface area contributed by atoms with Gasteiger partial charge >= 0.3 is 0 Å². The van der Waals surface area contributed by atoms with E-state index in [1.54, 1.807) is 7.11 Å². The SMILES string of the molecule is COc1ccc2[nH]cc(CC(=O)N3C[C@H](c4ccccc4Cl)OC[C@H]3C)c2c1. The van der Waals surface area contributed by atoms with Crippen molar-refractivity contribution in [3.8, 4) is 5.75 Å². The number of morpholine rings is 1. The van der Waals surface area contributed by atoms with E-state index in [2.05, 4.69) is 4.98 Å². The third-order valence-corrected chi connectivity index (χ3v) is 5.67. The van der Waals surface area contributed by atoms with Gasteiger partial charge in [0.2, 0.25) is 5.91 Å². The summed E-state index contributed by atoms with van der Waals surface area (Å²) in [5.41, 5.74) is 2.88. The monoisotopic (exact) mass is 398 g/mol. The van der Waals surface area contributed by atoms with E-state index in [0.29, 0.717) is 24.6 Å². The van der Waals surface area contributed by atoms with Gasteiger partial charge in [-0.1, -0.05) is 29.8 Å². The molecule has 1 aliphatic heterocycles. The van der Waals surface area contributed by atoms with Crippen LogP contribution in [-0.2, 0) is 16.0 Å². The van der Waals surface area contributed by atoms with Crippen molar-refractivity contribution in [1.82, 2.24) is 9.88 Å². The highest BCUT2D eigenvalue weighted by atomic mass is 35.5. The van der Waals surface area contributed by atoms with E-state index in [0.717, 1.165) is 27.8 Å². The van der Waals surface area contributed by atoms with Gasteiger partial charge in [-0.25, -0.2) is 0 Å². The third-order valence-electron chi connectivity index (χ3n) is 5.32. The molecule has 1 N–H and O–H groups in total. The first-order chi connectivity index (χ1) is 13.6. The molecule has 0 saturated carbocycles. The number of carbonyl (C=O) groups is 1. The van der Waals surface area contributed by atoms with Crippen molar-refractivity contribution in [3.05, 3.63) is 64.8 Å². The fourth-order valence-corrected chi connectivity index (χ4v) is 3.98. The number of hydrogen-bond donors (Lipinski definition) is 1. The normalized spacial score (nSPS) is 19.8. The molecule has 146 valence electrons. The number of aromatic nitrogens is 1. The molecule has 2 atom stereocenters. The van der Waals surface area contributed by atoms with E-state index in [9.17, 15) is 4.79 Å². The number of fused-ring (bicyclic) bond motifs is 1. The van der Waals surface area contributed by atoms with Gasteiger partial charge < -0.3 is 19.4 Å². The molecule has 1 saturated heterocycles. The second-order valence-electron chi connectivity index (χ2n) is 7.14. The number of amides is 1. The number of H-pyrrole nitrogens is 1. The van der Waals surface area contributed by atoms with Crippen LogP contribution in [0.3, 0.4) is 0 Å². The zero-order valence-corrected chi connectivity index (χ0v) is 16.7. The van der Waals surface area contributed by atoms with Gasteiger partial charge in [-0.3, -0.25) is 4.79 Å². The quantitative estimate of drug-likeness (QED) is 0.710. The minimum atomic E-state index is -0.211. The number of rotatable bonds is 4. The third kappa shape index (κ3) is 3.60. The molecular weight excluding hydrogens is 376 g/mol. The lowest BCUT2D eigenvalue weighted by Crippen LogP contribution is -2.48. The smallest absolute Gasteiger partial charge is 0.227 e. The van der Waals surface area contributed by atoms with Crippen LogP contribution in [0.15, 0.2) is 48.7 Å². The van der Waals surface area contributed by atoms with Crippen LogP contribution in [0.25, 0.3) is 10.9 Å². The lowest BCUT2D eigenvalue weighted by atomic mass is 10.0. The molecule has 5 nitrogen and oxygen atoms in total. The summed E-state index contributed by atoms with van der Waals surface area (Å²) < 4.78 is 11.3. The Kier molecular flexibility index (Phi) is 5.29. The first-order valence-corrected chi connectivity index (χ1v) is 9.74. The van der Waals surface area contributed by atoms with Crippen molar-refractivity contribution >= 4 is 28.4 Å².